The summed E-state index contributed by atoms with van der Waals surface area (Å²) in [6, 6.07) is 6.12. The first-order chi connectivity index (χ1) is 9.19. The van der Waals surface area contributed by atoms with Crippen LogP contribution in [0.4, 0.5) is 4.39 Å². The second kappa shape index (κ2) is 5.82. The Morgan fingerprint density at radius 2 is 1.95 bits per heavy atom. The zero-order chi connectivity index (χ0) is 13.7. The summed E-state index contributed by atoms with van der Waals surface area (Å²) in [7, 11) is 0. The lowest BCUT2D eigenvalue weighted by Gasteiger charge is -2.15. The highest BCUT2D eigenvalue weighted by atomic mass is 19.1. The predicted octanol–water partition coefficient (Wildman–Crippen LogP) is 1.11. The van der Waals surface area contributed by atoms with E-state index in [2.05, 4.69) is 10.6 Å². The second-order valence-corrected chi connectivity index (χ2v) is 4.77. The zero-order valence-corrected chi connectivity index (χ0v) is 10.6. The van der Waals surface area contributed by atoms with Crippen molar-refractivity contribution in [3.05, 3.63) is 35.6 Å². The summed E-state index contributed by atoms with van der Waals surface area (Å²) in [5.41, 5.74) is 0.406. The molecule has 102 valence electrons. The SMILES string of the molecule is O=CNCCCNC(=O)C1(c2ccc(F)cc2)CC1. The number of hydrogen-bond donors (Lipinski definition) is 2. The van der Waals surface area contributed by atoms with Crippen LogP contribution < -0.4 is 10.6 Å². The van der Waals surface area contributed by atoms with Crippen LogP contribution in [0.5, 0.6) is 0 Å². The highest BCUT2D eigenvalue weighted by Crippen LogP contribution is 2.48. The molecule has 1 aromatic rings. The van der Waals surface area contributed by atoms with Gasteiger partial charge in [0.2, 0.25) is 12.3 Å². The van der Waals surface area contributed by atoms with Crippen LogP contribution in [0, 0.1) is 5.82 Å². The highest BCUT2D eigenvalue weighted by Gasteiger charge is 2.50. The third-order valence-corrected chi connectivity index (χ3v) is 3.45. The number of carbonyl (C=O) groups excluding carboxylic acids is 2. The van der Waals surface area contributed by atoms with Crippen LogP contribution in [0.3, 0.4) is 0 Å². The number of rotatable bonds is 7. The standard InChI is InChI=1S/C14H17FN2O2/c15-12-4-2-11(3-5-12)14(6-7-14)13(19)17-9-1-8-16-10-18/h2-5,10H,1,6-9H2,(H,16,18)(H,17,19). The van der Waals surface area contributed by atoms with Crippen molar-refractivity contribution in [1.29, 1.82) is 0 Å². The normalized spacial score (nSPS) is 15.6. The molecule has 0 saturated heterocycles. The van der Waals surface area contributed by atoms with Crippen molar-refractivity contribution in [3.8, 4) is 0 Å². The van der Waals surface area contributed by atoms with Crippen molar-refractivity contribution in [1.82, 2.24) is 10.6 Å². The lowest BCUT2D eigenvalue weighted by molar-refractivity contribution is -0.123. The van der Waals surface area contributed by atoms with Crippen LogP contribution in [0.1, 0.15) is 24.8 Å². The van der Waals surface area contributed by atoms with Gasteiger partial charge in [0.15, 0.2) is 0 Å². The molecular formula is C14H17FN2O2. The molecule has 5 heteroatoms. The van der Waals surface area contributed by atoms with E-state index < -0.39 is 5.41 Å². The molecule has 2 rings (SSSR count). The van der Waals surface area contributed by atoms with Gasteiger partial charge in [-0.15, -0.1) is 0 Å². The number of benzene rings is 1. The maximum absolute atomic E-state index is 12.9. The maximum Gasteiger partial charge on any atom is 0.230 e. The van der Waals surface area contributed by atoms with Crippen LogP contribution in [0.15, 0.2) is 24.3 Å². The summed E-state index contributed by atoms with van der Waals surface area (Å²) in [4.78, 5) is 22.2. The average molecular weight is 264 g/mol. The Kier molecular flexibility index (Phi) is 4.14. The van der Waals surface area contributed by atoms with E-state index in [1.807, 2.05) is 0 Å². The molecule has 0 radical (unpaired) electrons. The molecule has 1 saturated carbocycles. The Balaban J connectivity index is 1.88. The topological polar surface area (TPSA) is 58.2 Å². The Hall–Kier alpha value is -1.91. The van der Waals surface area contributed by atoms with Crippen LogP contribution in [0.25, 0.3) is 0 Å². The van der Waals surface area contributed by atoms with Crippen LogP contribution in [0.2, 0.25) is 0 Å². The van der Waals surface area contributed by atoms with E-state index >= 15 is 0 Å². The van der Waals surface area contributed by atoms with Gasteiger partial charge in [-0.05, 0) is 37.0 Å². The van der Waals surface area contributed by atoms with E-state index in [1.54, 1.807) is 12.1 Å². The molecule has 0 spiro atoms. The fraction of sp³-hybridized carbons (Fsp3) is 0.429. The second-order valence-electron chi connectivity index (χ2n) is 4.77. The van der Waals surface area contributed by atoms with Crippen LogP contribution >= 0.6 is 0 Å². The number of amides is 2. The fourth-order valence-electron chi connectivity index (χ4n) is 2.16. The molecule has 1 aromatic carbocycles. The molecule has 1 aliphatic carbocycles. The molecule has 0 aromatic heterocycles. The molecule has 4 nitrogen and oxygen atoms in total. The van der Waals surface area contributed by atoms with E-state index in [1.165, 1.54) is 12.1 Å². The molecule has 0 aliphatic heterocycles. The number of hydrogen-bond acceptors (Lipinski definition) is 2. The van der Waals surface area contributed by atoms with Gasteiger partial charge in [0.05, 0.1) is 5.41 Å². The highest BCUT2D eigenvalue weighted by molar-refractivity contribution is 5.91. The average Bonchev–Trinajstić information content (AvgIpc) is 3.21. The Morgan fingerprint density at radius 3 is 2.53 bits per heavy atom. The summed E-state index contributed by atoms with van der Waals surface area (Å²) < 4.78 is 12.9. The van der Waals surface area contributed by atoms with Gasteiger partial charge in [-0.25, -0.2) is 4.39 Å². The first kappa shape index (κ1) is 13.5. The molecule has 2 N–H and O–H groups in total. The number of halogens is 1. The van der Waals surface area contributed by atoms with Crippen molar-refractivity contribution in [2.45, 2.75) is 24.7 Å². The molecule has 1 aliphatic rings. The quantitative estimate of drug-likeness (QED) is 0.572. The van der Waals surface area contributed by atoms with Gasteiger partial charge in [0, 0.05) is 13.1 Å². The third kappa shape index (κ3) is 3.10. The summed E-state index contributed by atoms with van der Waals surface area (Å²) in [6.07, 6.45) is 2.95. The van der Waals surface area contributed by atoms with Crippen LogP contribution in [-0.4, -0.2) is 25.4 Å². The summed E-state index contributed by atoms with van der Waals surface area (Å²) in [5.74, 6) is -0.301. The van der Waals surface area contributed by atoms with Crippen LogP contribution in [-0.2, 0) is 15.0 Å². The van der Waals surface area contributed by atoms with E-state index in [-0.39, 0.29) is 11.7 Å². The van der Waals surface area contributed by atoms with Gasteiger partial charge >= 0.3 is 0 Å². The van der Waals surface area contributed by atoms with Crippen molar-refractivity contribution in [2.75, 3.05) is 13.1 Å². The third-order valence-electron chi connectivity index (χ3n) is 3.45. The minimum atomic E-state index is -0.466. The summed E-state index contributed by atoms with van der Waals surface area (Å²) in [6.45, 7) is 1.08. The molecular weight excluding hydrogens is 247 g/mol. The molecule has 2 amide bonds. The maximum atomic E-state index is 12.9. The minimum absolute atomic E-state index is 0.00906. The van der Waals surface area contributed by atoms with Gasteiger partial charge < -0.3 is 10.6 Å². The molecule has 0 bridgehead atoms. The van der Waals surface area contributed by atoms with Crippen molar-refractivity contribution in [2.24, 2.45) is 0 Å². The lowest BCUT2D eigenvalue weighted by atomic mass is 9.95. The molecule has 19 heavy (non-hydrogen) atoms. The molecule has 0 atom stereocenters. The lowest BCUT2D eigenvalue weighted by Crippen LogP contribution is -2.36. The summed E-state index contributed by atoms with van der Waals surface area (Å²) in [5, 5.41) is 5.41. The fourth-order valence-corrected chi connectivity index (χ4v) is 2.16. The Bertz CT molecular complexity index is 455. The monoisotopic (exact) mass is 264 g/mol. The van der Waals surface area contributed by atoms with E-state index in [0.717, 1.165) is 18.4 Å². The molecule has 0 heterocycles. The number of nitrogens with one attached hydrogen (secondary N) is 2. The first-order valence-electron chi connectivity index (χ1n) is 6.40. The predicted molar refractivity (Wildman–Crippen MR) is 69.0 cm³/mol. The number of carbonyl (C=O) groups is 2. The van der Waals surface area contributed by atoms with E-state index in [4.69, 9.17) is 0 Å². The molecule has 0 unspecified atom stereocenters. The van der Waals surface area contributed by atoms with E-state index in [9.17, 15) is 14.0 Å². The van der Waals surface area contributed by atoms with Gasteiger partial charge in [-0.1, -0.05) is 12.1 Å². The summed E-state index contributed by atoms with van der Waals surface area (Å²) >= 11 is 0. The van der Waals surface area contributed by atoms with Crippen molar-refractivity contribution >= 4 is 12.3 Å². The minimum Gasteiger partial charge on any atom is -0.359 e. The largest absolute Gasteiger partial charge is 0.359 e. The van der Waals surface area contributed by atoms with E-state index in [0.29, 0.717) is 25.9 Å². The Morgan fingerprint density at radius 1 is 1.26 bits per heavy atom. The van der Waals surface area contributed by atoms with Crippen molar-refractivity contribution < 1.29 is 14.0 Å². The molecule has 1 fully saturated rings. The van der Waals surface area contributed by atoms with Crippen molar-refractivity contribution in [3.63, 3.8) is 0 Å². The van der Waals surface area contributed by atoms with Gasteiger partial charge in [0.1, 0.15) is 5.82 Å². The Labute approximate surface area is 111 Å². The van der Waals surface area contributed by atoms with Gasteiger partial charge in [0.25, 0.3) is 0 Å². The first-order valence-corrected chi connectivity index (χ1v) is 6.40. The van der Waals surface area contributed by atoms with Gasteiger partial charge in [-0.2, -0.15) is 0 Å². The smallest absolute Gasteiger partial charge is 0.230 e. The zero-order valence-electron chi connectivity index (χ0n) is 10.6. The van der Waals surface area contributed by atoms with Gasteiger partial charge in [-0.3, -0.25) is 9.59 Å².